The summed E-state index contributed by atoms with van der Waals surface area (Å²) in [4.78, 5) is 11.9. The summed E-state index contributed by atoms with van der Waals surface area (Å²) in [6.07, 6.45) is 1.01. The number of rotatable bonds is 6. The van der Waals surface area contributed by atoms with Gasteiger partial charge in [-0.1, -0.05) is 34.1 Å². The molecule has 0 spiro atoms. The Bertz CT molecular complexity index is 623. The van der Waals surface area contributed by atoms with E-state index in [4.69, 9.17) is 4.74 Å². The zero-order valence-electron chi connectivity index (χ0n) is 11.7. The maximum atomic E-state index is 13.3. The fourth-order valence-corrected chi connectivity index (χ4v) is 2.13. The molecule has 0 N–H and O–H groups in total. The van der Waals surface area contributed by atoms with Crippen molar-refractivity contribution in [2.45, 2.75) is 19.8 Å². The molecule has 0 heterocycles. The average Bonchev–Trinajstić information content (AvgIpc) is 2.47. The van der Waals surface area contributed by atoms with Gasteiger partial charge >= 0.3 is 0 Å². The van der Waals surface area contributed by atoms with Crippen LogP contribution in [0.1, 0.15) is 28.8 Å². The zero-order valence-corrected chi connectivity index (χ0v) is 13.3. The van der Waals surface area contributed by atoms with Crippen LogP contribution < -0.4 is 4.74 Å². The maximum Gasteiger partial charge on any atom is 0.163 e. The number of aryl methyl sites for hydroxylation is 1. The Morgan fingerprint density at radius 3 is 2.57 bits per heavy atom. The number of benzene rings is 2. The van der Waals surface area contributed by atoms with Crippen molar-refractivity contribution >= 4 is 21.7 Å². The quantitative estimate of drug-likeness (QED) is 0.544. The predicted molar refractivity (Wildman–Crippen MR) is 84.3 cm³/mol. The Balaban J connectivity index is 1.77. The third-order valence-corrected chi connectivity index (χ3v) is 3.66. The summed E-state index contributed by atoms with van der Waals surface area (Å²) in [7, 11) is 0. The van der Waals surface area contributed by atoms with Crippen molar-refractivity contribution in [3.05, 3.63) is 63.9 Å². The first kappa shape index (κ1) is 15.7. The largest absolute Gasteiger partial charge is 0.493 e. The number of halogens is 2. The van der Waals surface area contributed by atoms with Crippen LogP contribution >= 0.6 is 15.9 Å². The second-order valence-electron chi connectivity index (χ2n) is 4.79. The molecule has 0 aliphatic heterocycles. The van der Waals surface area contributed by atoms with Gasteiger partial charge in [-0.25, -0.2) is 4.39 Å². The summed E-state index contributed by atoms with van der Waals surface area (Å²) in [5.74, 6) is 0.300. The molecule has 21 heavy (non-hydrogen) atoms. The lowest BCUT2D eigenvalue weighted by molar-refractivity contribution is 0.0973. The Kier molecular flexibility index (Phi) is 5.51. The molecule has 0 aromatic heterocycles. The fourth-order valence-electron chi connectivity index (χ4n) is 1.87. The summed E-state index contributed by atoms with van der Waals surface area (Å²) in [5.41, 5.74) is 1.28. The normalized spacial score (nSPS) is 10.4. The molecule has 0 saturated carbocycles. The van der Waals surface area contributed by atoms with E-state index < -0.39 is 0 Å². The topological polar surface area (TPSA) is 26.3 Å². The first-order valence-electron chi connectivity index (χ1n) is 6.74. The second-order valence-corrected chi connectivity index (χ2v) is 5.71. The number of ether oxygens (including phenoxy) is 1. The Morgan fingerprint density at radius 2 is 1.90 bits per heavy atom. The minimum atomic E-state index is -0.279. The van der Waals surface area contributed by atoms with Crippen LogP contribution in [0.2, 0.25) is 0 Å². The maximum absolute atomic E-state index is 13.3. The Morgan fingerprint density at radius 1 is 1.19 bits per heavy atom. The molecule has 2 aromatic rings. The molecular weight excluding hydrogens is 335 g/mol. The lowest BCUT2D eigenvalue weighted by atomic mass is 10.1. The standard InChI is InChI=1S/C17H16BrFO2/c1-12-4-9-15(11-16(12)19)21-10-2-3-17(20)13-5-7-14(18)8-6-13/h4-9,11H,2-3,10H2,1H3. The third kappa shape index (κ3) is 4.67. The number of Topliss-reactive ketones (excluding diaryl/α,β-unsaturated/α-hetero) is 1. The van der Waals surface area contributed by atoms with Gasteiger partial charge in [0, 0.05) is 22.5 Å². The molecule has 0 unspecified atom stereocenters. The van der Waals surface area contributed by atoms with Gasteiger partial charge < -0.3 is 4.74 Å². The van der Waals surface area contributed by atoms with Gasteiger partial charge in [0.1, 0.15) is 11.6 Å². The van der Waals surface area contributed by atoms with Crippen LogP contribution in [-0.4, -0.2) is 12.4 Å². The first-order chi connectivity index (χ1) is 10.1. The highest BCUT2D eigenvalue weighted by atomic mass is 79.9. The highest BCUT2D eigenvalue weighted by Gasteiger charge is 2.06. The van der Waals surface area contributed by atoms with E-state index in [1.807, 2.05) is 12.1 Å². The van der Waals surface area contributed by atoms with Crippen LogP contribution in [-0.2, 0) is 0 Å². The summed E-state index contributed by atoms with van der Waals surface area (Å²) >= 11 is 3.33. The summed E-state index contributed by atoms with van der Waals surface area (Å²) < 4.78 is 19.7. The zero-order chi connectivity index (χ0) is 15.2. The lowest BCUT2D eigenvalue weighted by Crippen LogP contribution is -2.04. The van der Waals surface area contributed by atoms with Crippen molar-refractivity contribution in [1.29, 1.82) is 0 Å². The van der Waals surface area contributed by atoms with E-state index in [0.29, 0.717) is 36.3 Å². The van der Waals surface area contributed by atoms with Crippen LogP contribution in [0.3, 0.4) is 0 Å². The smallest absolute Gasteiger partial charge is 0.163 e. The number of carbonyl (C=O) groups excluding carboxylic acids is 1. The van der Waals surface area contributed by atoms with Gasteiger partial charge in [-0.2, -0.15) is 0 Å². The van der Waals surface area contributed by atoms with Crippen molar-refractivity contribution in [1.82, 2.24) is 0 Å². The van der Waals surface area contributed by atoms with E-state index in [-0.39, 0.29) is 11.6 Å². The summed E-state index contributed by atoms with van der Waals surface area (Å²) in [6, 6.07) is 12.1. The van der Waals surface area contributed by atoms with E-state index in [9.17, 15) is 9.18 Å². The van der Waals surface area contributed by atoms with Crippen molar-refractivity contribution in [3.63, 3.8) is 0 Å². The number of carbonyl (C=O) groups is 1. The van der Waals surface area contributed by atoms with Gasteiger partial charge in [0.2, 0.25) is 0 Å². The van der Waals surface area contributed by atoms with Crippen LogP contribution in [0.15, 0.2) is 46.9 Å². The van der Waals surface area contributed by atoms with Crippen LogP contribution in [0.25, 0.3) is 0 Å². The van der Waals surface area contributed by atoms with Crippen molar-refractivity contribution < 1.29 is 13.9 Å². The molecule has 0 atom stereocenters. The number of hydrogen-bond acceptors (Lipinski definition) is 2. The Labute approximate surface area is 132 Å². The predicted octanol–water partition coefficient (Wildman–Crippen LogP) is 4.94. The molecule has 2 aromatic carbocycles. The third-order valence-electron chi connectivity index (χ3n) is 3.13. The van der Waals surface area contributed by atoms with Gasteiger partial charge in [-0.15, -0.1) is 0 Å². The lowest BCUT2D eigenvalue weighted by Gasteiger charge is -2.07. The molecule has 0 aliphatic rings. The SMILES string of the molecule is Cc1ccc(OCCCC(=O)c2ccc(Br)cc2)cc1F. The number of hydrogen-bond donors (Lipinski definition) is 0. The minimum absolute atomic E-state index is 0.0844. The molecular formula is C17H16BrFO2. The molecule has 110 valence electrons. The molecule has 0 bridgehead atoms. The van der Waals surface area contributed by atoms with Gasteiger partial charge in [-0.05, 0) is 37.1 Å². The highest BCUT2D eigenvalue weighted by Crippen LogP contribution is 2.17. The van der Waals surface area contributed by atoms with E-state index in [0.717, 1.165) is 4.47 Å². The molecule has 0 radical (unpaired) electrons. The van der Waals surface area contributed by atoms with Crippen molar-refractivity contribution in [2.24, 2.45) is 0 Å². The van der Waals surface area contributed by atoms with E-state index in [1.165, 1.54) is 6.07 Å². The number of ketones is 1. The fraction of sp³-hybridized carbons (Fsp3) is 0.235. The molecule has 0 amide bonds. The summed E-state index contributed by atoms with van der Waals surface area (Å²) in [5, 5.41) is 0. The first-order valence-corrected chi connectivity index (χ1v) is 7.53. The second kappa shape index (κ2) is 7.36. The molecule has 4 heteroatoms. The average molecular weight is 351 g/mol. The van der Waals surface area contributed by atoms with Crippen LogP contribution in [0.4, 0.5) is 4.39 Å². The van der Waals surface area contributed by atoms with Gasteiger partial charge in [-0.3, -0.25) is 4.79 Å². The van der Waals surface area contributed by atoms with Crippen molar-refractivity contribution in [3.8, 4) is 5.75 Å². The molecule has 2 nitrogen and oxygen atoms in total. The molecule has 0 saturated heterocycles. The van der Waals surface area contributed by atoms with Crippen LogP contribution in [0, 0.1) is 12.7 Å². The Hall–Kier alpha value is -1.68. The van der Waals surface area contributed by atoms with E-state index >= 15 is 0 Å². The molecule has 2 rings (SSSR count). The monoisotopic (exact) mass is 350 g/mol. The van der Waals surface area contributed by atoms with Gasteiger partial charge in [0.25, 0.3) is 0 Å². The minimum Gasteiger partial charge on any atom is -0.493 e. The molecule has 0 fully saturated rings. The summed E-state index contributed by atoms with van der Waals surface area (Å²) in [6.45, 7) is 2.10. The van der Waals surface area contributed by atoms with Crippen molar-refractivity contribution in [2.75, 3.05) is 6.61 Å². The van der Waals surface area contributed by atoms with Gasteiger partial charge in [0.15, 0.2) is 5.78 Å². The molecule has 0 aliphatic carbocycles. The van der Waals surface area contributed by atoms with Gasteiger partial charge in [0.05, 0.1) is 6.61 Å². The van der Waals surface area contributed by atoms with E-state index in [1.54, 1.807) is 31.2 Å². The van der Waals surface area contributed by atoms with Crippen LogP contribution in [0.5, 0.6) is 5.75 Å². The van der Waals surface area contributed by atoms with E-state index in [2.05, 4.69) is 15.9 Å². The highest BCUT2D eigenvalue weighted by molar-refractivity contribution is 9.10.